The van der Waals surface area contributed by atoms with Gasteiger partial charge in [0.05, 0.1) is 48.4 Å². The fourth-order valence-corrected chi connectivity index (χ4v) is 7.18. The maximum Gasteiger partial charge on any atom is 0.203 e. The van der Waals surface area contributed by atoms with Gasteiger partial charge in [-0.15, -0.1) is 43.1 Å². The Labute approximate surface area is 290 Å². The summed E-state index contributed by atoms with van der Waals surface area (Å²) < 4.78 is 27.2. The highest BCUT2D eigenvalue weighted by molar-refractivity contribution is 7.11. The van der Waals surface area contributed by atoms with Crippen molar-refractivity contribution in [2.24, 2.45) is 0 Å². The van der Waals surface area contributed by atoms with Crippen LogP contribution in [0.15, 0.2) is 24.3 Å². The lowest BCUT2D eigenvalue weighted by atomic mass is 10.0. The number of nitrogens with zero attached hydrogens (tertiary/aromatic N) is 4. The van der Waals surface area contributed by atoms with Crippen LogP contribution in [0.1, 0.15) is 69.3 Å². The van der Waals surface area contributed by atoms with Gasteiger partial charge in [0.1, 0.15) is 31.6 Å². The third kappa shape index (κ3) is 10.2. The van der Waals surface area contributed by atoms with E-state index in [1.54, 1.807) is 35.5 Å². The summed E-state index contributed by atoms with van der Waals surface area (Å²) in [4.78, 5) is 25.4. The highest BCUT2D eigenvalue weighted by Crippen LogP contribution is 2.38. The van der Waals surface area contributed by atoms with Crippen LogP contribution in [0.2, 0.25) is 0 Å². The van der Waals surface area contributed by atoms with Gasteiger partial charge in [-0.25, -0.2) is 0 Å². The third-order valence-electron chi connectivity index (χ3n) is 7.85. The summed E-state index contributed by atoms with van der Waals surface area (Å²) in [5, 5.41) is 20.4. The van der Waals surface area contributed by atoms with E-state index in [1.807, 2.05) is 18.2 Å². The van der Waals surface area contributed by atoms with Gasteiger partial charge in [-0.3, -0.25) is 9.59 Å². The molecule has 0 radical (unpaired) electrons. The van der Waals surface area contributed by atoms with Crippen LogP contribution in [0, 0.1) is 0 Å². The molecule has 13 heteroatoms. The largest absolute Gasteiger partial charge is 0.493 e. The Bertz CT molecular complexity index is 1500. The van der Waals surface area contributed by atoms with Crippen LogP contribution in [0.4, 0.5) is 0 Å². The van der Waals surface area contributed by atoms with E-state index in [9.17, 15) is 9.59 Å². The quantitative estimate of drug-likeness (QED) is 0.0944. The van der Waals surface area contributed by atoms with Crippen LogP contribution in [0.5, 0.6) is 28.7 Å². The fraction of sp³-hybridized carbons (Fsp3) is 0.486. The summed E-state index contributed by atoms with van der Waals surface area (Å²) in [6.07, 6.45) is 6.79. The minimum Gasteiger partial charge on any atom is -0.493 e. The molecule has 0 aliphatic carbocycles. The van der Waals surface area contributed by atoms with Crippen molar-refractivity contribution in [2.75, 3.05) is 35.5 Å². The molecule has 0 spiro atoms. The van der Waals surface area contributed by atoms with Crippen molar-refractivity contribution >= 4 is 34.2 Å². The number of ether oxygens (including phenoxy) is 5. The van der Waals surface area contributed by atoms with Crippen molar-refractivity contribution in [1.82, 2.24) is 20.4 Å². The molecule has 2 heterocycles. The monoisotopic (exact) mass is 696 g/mol. The fourth-order valence-electron chi connectivity index (χ4n) is 5.35. The summed E-state index contributed by atoms with van der Waals surface area (Å²) >= 11 is 2.99. The molecule has 0 bridgehead atoms. The van der Waals surface area contributed by atoms with Crippen molar-refractivity contribution in [3.8, 4) is 28.7 Å². The topological polar surface area (TPSA) is 132 Å². The Morgan fingerprint density at radius 3 is 1.40 bits per heavy atom. The summed E-state index contributed by atoms with van der Waals surface area (Å²) in [5.74, 6) is 3.34. The molecule has 0 atom stereocenters. The Morgan fingerprint density at radius 2 is 0.979 bits per heavy atom. The van der Waals surface area contributed by atoms with Crippen LogP contribution < -0.4 is 23.7 Å². The number of methoxy groups -OCH3 is 5. The number of ketones is 2. The zero-order chi connectivity index (χ0) is 34.5. The van der Waals surface area contributed by atoms with Gasteiger partial charge in [0.15, 0.2) is 23.0 Å². The Hall–Kier alpha value is -4.10. The van der Waals surface area contributed by atoms with Gasteiger partial charge < -0.3 is 23.7 Å². The van der Waals surface area contributed by atoms with Crippen molar-refractivity contribution in [3.63, 3.8) is 0 Å². The first-order valence-corrected chi connectivity index (χ1v) is 17.6. The number of hydrogen-bond donors (Lipinski definition) is 0. The van der Waals surface area contributed by atoms with Gasteiger partial charge in [0, 0.05) is 25.7 Å². The number of carbonyl (C=O) groups is 2. The molecule has 0 aliphatic rings. The van der Waals surface area contributed by atoms with Crippen molar-refractivity contribution in [3.05, 3.63) is 61.0 Å². The maximum atomic E-state index is 12.7. The van der Waals surface area contributed by atoms with E-state index in [0.29, 0.717) is 55.1 Å². The lowest BCUT2D eigenvalue weighted by Crippen LogP contribution is -2.05. The zero-order valence-electron chi connectivity index (χ0n) is 28.6. The van der Waals surface area contributed by atoms with E-state index in [1.165, 1.54) is 22.7 Å². The number of aryl methyl sites for hydroxylation is 5. The summed E-state index contributed by atoms with van der Waals surface area (Å²) in [7, 11) is 7.97. The summed E-state index contributed by atoms with van der Waals surface area (Å²) in [6.45, 7) is 2.07. The summed E-state index contributed by atoms with van der Waals surface area (Å²) in [5.41, 5.74) is 3.05. The second-order valence-corrected chi connectivity index (χ2v) is 13.5. The first-order chi connectivity index (χ1) is 23.3. The Balaban J connectivity index is 1.16. The predicted octanol–water partition coefficient (Wildman–Crippen LogP) is 6.05. The molecule has 2 aromatic carbocycles. The highest BCUT2D eigenvalue weighted by atomic mass is 32.1. The lowest BCUT2D eigenvalue weighted by molar-refractivity contribution is -0.119. The third-order valence-corrected chi connectivity index (χ3v) is 9.82. The molecular formula is C35H44N4O7S2. The minimum atomic E-state index is 0.101. The minimum absolute atomic E-state index is 0.101. The molecule has 258 valence electrons. The molecule has 4 aromatic rings. The van der Waals surface area contributed by atoms with Crippen molar-refractivity contribution in [1.29, 1.82) is 0 Å². The molecular weight excluding hydrogens is 653 g/mol. The normalized spacial score (nSPS) is 11.0. The molecule has 2 aromatic heterocycles. The molecule has 0 amide bonds. The Morgan fingerprint density at radius 1 is 0.562 bits per heavy atom. The van der Waals surface area contributed by atoms with Gasteiger partial charge in [0.25, 0.3) is 0 Å². The van der Waals surface area contributed by atoms with Crippen molar-refractivity contribution < 1.29 is 33.3 Å². The van der Waals surface area contributed by atoms with Crippen LogP contribution in [0.25, 0.3) is 0 Å². The van der Waals surface area contributed by atoms with Crippen LogP contribution in [-0.2, 0) is 54.5 Å². The first-order valence-electron chi connectivity index (χ1n) is 16.0. The SMILES string of the molecule is CCc1cc(CCC(=O)Cc2nnc(CCCCc3nnc(CC(=O)CCc4cc(OC)c(OC)c(OC)c4)s3)s2)cc(OC)c1OC. The molecule has 11 nitrogen and oxygen atoms in total. The highest BCUT2D eigenvalue weighted by Gasteiger charge is 2.16. The number of Topliss-reactive ketones (excluding diaryl/α,β-unsaturated/α-hetero) is 2. The Kier molecular flexibility index (Phi) is 14.1. The number of unbranched alkanes of at least 4 members (excludes halogenated alkanes) is 1. The van der Waals surface area contributed by atoms with E-state index in [4.69, 9.17) is 23.7 Å². The van der Waals surface area contributed by atoms with Gasteiger partial charge >= 0.3 is 0 Å². The van der Waals surface area contributed by atoms with Crippen LogP contribution >= 0.6 is 22.7 Å². The molecule has 0 saturated carbocycles. The van der Waals surface area contributed by atoms with E-state index >= 15 is 0 Å². The number of hydrogen-bond acceptors (Lipinski definition) is 13. The smallest absolute Gasteiger partial charge is 0.203 e. The van der Waals surface area contributed by atoms with Gasteiger partial charge in [0.2, 0.25) is 5.75 Å². The summed E-state index contributed by atoms with van der Waals surface area (Å²) in [6, 6.07) is 7.76. The second-order valence-electron chi connectivity index (χ2n) is 11.2. The van der Waals surface area contributed by atoms with Crippen LogP contribution in [-0.4, -0.2) is 67.5 Å². The standard InChI is InChI=1S/C35H44N4O7S2/c1-7-24-16-22(17-27(42-2)34(24)45-5)12-14-25(40)20-32-38-36-30(47-32)10-8-9-11-31-37-39-33(48-31)21-26(41)15-13-23-18-28(43-3)35(46-6)29(19-23)44-4/h16-19H,7-15,20-21H2,1-6H3. The van der Waals surface area contributed by atoms with Crippen molar-refractivity contribution in [2.45, 2.75) is 77.6 Å². The predicted molar refractivity (Wildman–Crippen MR) is 186 cm³/mol. The molecule has 0 saturated heterocycles. The van der Waals surface area contributed by atoms with Crippen LogP contribution in [0.3, 0.4) is 0 Å². The first kappa shape index (κ1) is 36.7. The van der Waals surface area contributed by atoms with E-state index in [2.05, 4.69) is 33.4 Å². The van der Waals surface area contributed by atoms with Gasteiger partial charge in [-0.2, -0.15) is 0 Å². The number of aromatic nitrogens is 4. The van der Waals surface area contributed by atoms with Gasteiger partial charge in [-0.1, -0.05) is 13.0 Å². The van der Waals surface area contributed by atoms with E-state index in [0.717, 1.165) is 74.6 Å². The van der Waals surface area contributed by atoms with E-state index < -0.39 is 0 Å². The van der Waals surface area contributed by atoms with Gasteiger partial charge in [-0.05, 0) is 67.0 Å². The molecule has 0 unspecified atom stereocenters. The second kappa shape index (κ2) is 18.4. The lowest BCUT2D eigenvalue weighted by Gasteiger charge is -2.14. The molecule has 0 N–H and O–H groups in total. The average molecular weight is 697 g/mol. The number of benzene rings is 2. The molecule has 4 rings (SSSR count). The number of carbonyl (C=O) groups excluding carboxylic acids is 2. The molecule has 0 aliphatic heterocycles. The molecule has 48 heavy (non-hydrogen) atoms. The zero-order valence-corrected chi connectivity index (χ0v) is 30.2. The maximum absolute atomic E-state index is 12.7. The number of rotatable bonds is 21. The van der Waals surface area contributed by atoms with E-state index in [-0.39, 0.29) is 18.0 Å². The molecule has 0 fully saturated rings. The average Bonchev–Trinajstić information content (AvgIpc) is 3.75.